The zero-order valence-corrected chi connectivity index (χ0v) is 81.7. The number of rotatable bonds is 27. The number of para-hydroxylation sites is 8. The maximum absolute atomic E-state index is 13.6. The van der Waals surface area contributed by atoms with Crippen LogP contribution in [0.2, 0.25) is 0 Å². The highest BCUT2D eigenvalue weighted by atomic mass is 16.3. The summed E-state index contributed by atoms with van der Waals surface area (Å²) in [5.41, 5.74) is 11.4. The number of aryl methyl sites for hydroxylation is 2. The Morgan fingerprint density at radius 1 is 0.342 bits per heavy atom. The quantitative estimate of drug-likeness (QED) is 0.0168. The van der Waals surface area contributed by atoms with Gasteiger partial charge < -0.3 is 95.1 Å². The van der Waals surface area contributed by atoms with Gasteiger partial charge in [-0.2, -0.15) is 0 Å². The van der Waals surface area contributed by atoms with Crippen molar-refractivity contribution in [2.45, 2.75) is 105 Å². The minimum Gasteiger partial charge on any atom is -0.509 e. The van der Waals surface area contributed by atoms with Gasteiger partial charge in [-0.15, -0.1) is 0 Å². The SMILES string of the molecule is CCCCN(CCCC)C1C(=O)C(c2c(O)cc(-n3c4ccccc4c4ccccc43)cc2O)=C1O.Cc1ccc(N(c2ccc(C)cc2)C2C(=O)C(c3c(O)cc(N(CC(C)C)CC(C)C)cc3O)=C2O)cc1.O=C1C(c2c(O)cc(-n3c4ccccc4c4ccccc43)cc2O)=C(O)C1N(c1ccccc1)c1ccccc1.[C-]#[N+]/C(C#N)=C1/C(c2c(O)cc(O)cc2O)=C(O)C1N(c1ccccc1)c1ccccc1. The highest BCUT2D eigenvalue weighted by Crippen LogP contribution is 2.56. The molecule has 0 saturated carbocycles. The molecule has 0 saturated heterocycles. The van der Waals surface area contributed by atoms with Crippen LogP contribution in [0.4, 0.5) is 39.8 Å². The summed E-state index contributed by atoms with van der Waals surface area (Å²) in [6.45, 7) is 27.1. The number of anilines is 7. The van der Waals surface area contributed by atoms with E-state index in [4.69, 9.17) is 6.57 Å². The molecule has 4 unspecified atom stereocenters. The van der Waals surface area contributed by atoms with E-state index in [0.717, 1.165) is 141 Å². The molecule has 13 N–H and O–H groups in total. The first-order valence-electron chi connectivity index (χ1n) is 48.5. The van der Waals surface area contributed by atoms with Crippen molar-refractivity contribution in [3.05, 3.63) is 395 Å². The number of aromatic hydroxyl groups is 9. The average Bonchev–Trinajstić information content (AvgIpc) is 0.980. The first-order valence-corrected chi connectivity index (χ1v) is 48.5. The van der Waals surface area contributed by atoms with E-state index in [-0.39, 0.29) is 131 Å². The molecule has 146 heavy (non-hydrogen) atoms. The lowest BCUT2D eigenvalue weighted by atomic mass is 9.76. The minimum absolute atomic E-state index is 0.00164. The summed E-state index contributed by atoms with van der Waals surface area (Å²) in [5, 5.41) is 155. The van der Waals surface area contributed by atoms with E-state index in [9.17, 15) is 86.0 Å². The van der Waals surface area contributed by atoms with Crippen molar-refractivity contribution in [2.24, 2.45) is 11.8 Å². The predicted molar refractivity (Wildman–Crippen MR) is 575 cm³/mol. The Kier molecular flexibility index (Phi) is 28.9. The van der Waals surface area contributed by atoms with Crippen molar-refractivity contribution in [2.75, 3.05) is 45.8 Å². The number of nitriles is 1. The molecule has 0 radical (unpaired) electrons. The number of nitrogens with zero attached hydrogens (tertiary/aromatic N) is 9. The van der Waals surface area contributed by atoms with Crippen LogP contribution in [0.3, 0.4) is 0 Å². The lowest BCUT2D eigenvalue weighted by Crippen LogP contribution is -2.50. The Balaban J connectivity index is 0.000000134. The topological polar surface area (TPSA) is 368 Å². The van der Waals surface area contributed by atoms with E-state index in [0.29, 0.717) is 40.3 Å². The van der Waals surface area contributed by atoms with E-state index >= 15 is 0 Å². The summed E-state index contributed by atoms with van der Waals surface area (Å²) in [4.78, 5) is 53.2. The maximum Gasteiger partial charge on any atom is 0.268 e. The highest BCUT2D eigenvalue weighted by Gasteiger charge is 2.51. The highest BCUT2D eigenvalue weighted by molar-refractivity contribution is 6.35. The van der Waals surface area contributed by atoms with Gasteiger partial charge >= 0.3 is 0 Å². The third-order valence-corrected chi connectivity index (χ3v) is 26.6. The molecule has 20 rings (SSSR count). The third kappa shape index (κ3) is 19.0. The van der Waals surface area contributed by atoms with Gasteiger partial charge in [0.05, 0.1) is 85.1 Å². The van der Waals surface area contributed by atoms with E-state index in [1.165, 1.54) is 12.1 Å². The molecule has 0 fully saturated rings. The van der Waals surface area contributed by atoms with Gasteiger partial charge in [0.1, 0.15) is 86.9 Å². The number of carbonyl (C=O) groups excluding carboxylic acids is 3. The fourth-order valence-electron chi connectivity index (χ4n) is 19.9. The molecule has 4 aliphatic rings. The molecule has 0 amide bonds. The summed E-state index contributed by atoms with van der Waals surface area (Å²) in [7, 11) is 0. The third-order valence-electron chi connectivity index (χ3n) is 26.6. The number of hydrogen-bond acceptors (Lipinski definition) is 22. The van der Waals surface area contributed by atoms with Gasteiger partial charge in [-0.05, 0) is 149 Å². The first-order chi connectivity index (χ1) is 70.5. The Morgan fingerprint density at radius 3 is 0.904 bits per heavy atom. The van der Waals surface area contributed by atoms with E-state index in [1.54, 1.807) is 39.0 Å². The standard InChI is InChI=1S/C34H24N2O4.C32H38N2O4.C30H32N2O4.C25H17N3O4/c37-28-19-23(36-26-17-9-7-15-24(26)25-16-8-10-18-27(25)36)20-29(38)30(28)31-33(39)32(34(31)40)35(21-11-3-1-4-12-21)22-13-5-2-6-14-22;1-19(2)17-33(18-20(3)4)25-15-26(35)28(27(36)16-25)29-31(37)30(32(29)38)34(23-11-7-21(5)8-12-23)24-13-9-22(6)10-14-24;1-3-5-15-31(16-6-4-2)28-29(35)27(30(28)36)26-24(33)17-19(18-25(26)34)32-22-13-9-7-11-20(22)21-12-8-10-14-23(21)32;1-27-18(14-26)21-23(22-19(30)12-17(29)13-20(22)31)25(32)24(21)28(15-8-4-2-5-9-15)16-10-6-3-7-11-16/h1-20,32,37-39H;7-16,19-20,30,35-37H,17-18H2,1-6H3;7-14,17-18,28,33-35H,3-6,15-16H2,1-2H3;2-13,24,29-32H/b;;;21-18-. The molecule has 2 aromatic heterocycles. The largest absolute Gasteiger partial charge is 0.509 e. The van der Waals surface area contributed by atoms with Gasteiger partial charge in [-0.25, -0.2) is 10.1 Å². The van der Waals surface area contributed by atoms with E-state index in [1.807, 2.05) is 301 Å². The maximum atomic E-state index is 13.6. The second kappa shape index (κ2) is 42.4. The molecular weight excluding hydrogens is 1840 g/mol. The number of aliphatic hydroxyl groups excluding tert-OH is 4. The molecular formula is C121H111N9O16. The molecule has 25 heteroatoms. The lowest BCUT2D eigenvalue weighted by Gasteiger charge is -2.42. The van der Waals surface area contributed by atoms with Gasteiger partial charge in [0.15, 0.2) is 29.4 Å². The Bertz CT molecular complexity index is 7620. The van der Waals surface area contributed by atoms with Crippen LogP contribution >= 0.6 is 0 Å². The van der Waals surface area contributed by atoms with E-state index in [2.05, 4.69) is 51.3 Å². The van der Waals surface area contributed by atoms with Crippen molar-refractivity contribution < 1.29 is 80.8 Å². The summed E-state index contributed by atoms with van der Waals surface area (Å²) >= 11 is 0. The van der Waals surface area contributed by atoms with Gasteiger partial charge in [-0.3, -0.25) is 19.3 Å². The van der Waals surface area contributed by atoms with Crippen molar-refractivity contribution in [3.8, 4) is 69.2 Å². The molecule has 0 aliphatic heterocycles. The van der Waals surface area contributed by atoms with Crippen molar-refractivity contribution in [1.82, 2.24) is 14.0 Å². The van der Waals surface area contributed by atoms with Gasteiger partial charge in [-0.1, -0.05) is 235 Å². The molecule has 25 nitrogen and oxygen atoms in total. The fraction of sp³-hybridized carbons (Fsp3) is 0.182. The summed E-state index contributed by atoms with van der Waals surface area (Å²) in [5.74, 6) is -3.89. The molecule has 4 aliphatic carbocycles. The van der Waals surface area contributed by atoms with Gasteiger partial charge in [0.25, 0.3) is 5.70 Å². The van der Waals surface area contributed by atoms with Crippen LogP contribution < -0.4 is 19.6 Å². The zero-order chi connectivity index (χ0) is 103. The number of allylic oxidation sites excluding steroid dienone is 1. The summed E-state index contributed by atoms with van der Waals surface area (Å²) in [6, 6.07) is 93.8. The van der Waals surface area contributed by atoms with Crippen molar-refractivity contribution in [1.29, 1.82) is 5.26 Å². The second-order valence-electron chi connectivity index (χ2n) is 37.5. The normalized spacial score (nSPS) is 15.6. The number of Topliss-reactive ketones (excluding diaryl/α,β-unsaturated/α-hetero) is 3. The number of carbonyl (C=O) groups is 3. The first kappa shape index (κ1) is 99.5. The number of aromatic nitrogens is 2. The number of aliphatic hydroxyl groups is 4. The lowest BCUT2D eigenvalue weighted by molar-refractivity contribution is -0.121. The summed E-state index contributed by atoms with van der Waals surface area (Å²) < 4.78 is 3.94. The number of hydrogen-bond donors (Lipinski definition) is 13. The van der Waals surface area contributed by atoms with Crippen molar-refractivity contribution >= 4 is 123 Å². The summed E-state index contributed by atoms with van der Waals surface area (Å²) in [6.07, 6.45) is 3.85. The zero-order valence-electron chi connectivity index (χ0n) is 81.7. The molecule has 4 atom stereocenters. The fourth-order valence-corrected chi connectivity index (χ4v) is 19.9. The number of unbranched alkanes of at least 4 members (excludes halogenated alkanes) is 2. The number of phenols is 9. The Hall–Kier alpha value is -18.1. The molecule has 736 valence electrons. The molecule has 0 bridgehead atoms. The Morgan fingerprint density at radius 2 is 0.610 bits per heavy atom. The van der Waals surface area contributed by atoms with Crippen LogP contribution in [0.1, 0.15) is 101 Å². The number of benzene rings is 14. The van der Waals surface area contributed by atoms with E-state index < -0.39 is 41.4 Å². The number of phenolic OH excluding ortho intramolecular Hbond substituents is 9. The molecule has 2 heterocycles. The van der Waals surface area contributed by atoms with Crippen LogP contribution in [-0.2, 0) is 14.4 Å². The Labute approximate surface area is 844 Å². The minimum atomic E-state index is -0.990. The van der Waals surface area contributed by atoms with Gasteiger partial charge in [0.2, 0.25) is 0 Å². The van der Waals surface area contributed by atoms with Crippen LogP contribution in [0.5, 0.6) is 51.7 Å². The van der Waals surface area contributed by atoms with Crippen LogP contribution in [-0.4, -0.2) is 148 Å². The number of ketones is 3. The van der Waals surface area contributed by atoms with Crippen LogP contribution in [0.25, 0.3) is 82.1 Å². The van der Waals surface area contributed by atoms with Crippen LogP contribution in [0, 0.1) is 43.6 Å². The predicted octanol–water partition coefficient (Wildman–Crippen LogP) is 25.5. The monoisotopic (exact) mass is 1950 g/mol. The molecule has 14 aromatic carbocycles. The molecule has 16 aromatic rings. The average molecular weight is 1950 g/mol. The second-order valence-corrected chi connectivity index (χ2v) is 37.5. The molecule has 0 spiro atoms. The number of fused-ring (bicyclic) bond motifs is 6. The van der Waals surface area contributed by atoms with Gasteiger partial charge in [0, 0.05) is 134 Å². The van der Waals surface area contributed by atoms with Crippen LogP contribution in [0.15, 0.2) is 350 Å². The smallest absolute Gasteiger partial charge is 0.268 e. The van der Waals surface area contributed by atoms with Crippen molar-refractivity contribution in [3.63, 3.8) is 0 Å².